The molecule has 0 spiro atoms. The summed E-state index contributed by atoms with van der Waals surface area (Å²) in [5.41, 5.74) is 3.98. The van der Waals surface area contributed by atoms with Crippen molar-refractivity contribution in [1.82, 2.24) is 4.98 Å². The molecule has 0 aliphatic rings. The minimum absolute atomic E-state index is 0.142. The summed E-state index contributed by atoms with van der Waals surface area (Å²) in [6.45, 7) is 2.04. The van der Waals surface area contributed by atoms with Crippen LogP contribution in [0.1, 0.15) is 21.5 Å². The van der Waals surface area contributed by atoms with E-state index in [1.54, 1.807) is 6.20 Å². The van der Waals surface area contributed by atoms with E-state index in [1.165, 1.54) is 0 Å². The summed E-state index contributed by atoms with van der Waals surface area (Å²) in [5.74, 6) is 0.142. The first kappa shape index (κ1) is 13.1. The van der Waals surface area contributed by atoms with E-state index in [1.807, 2.05) is 49.4 Å². The Balaban J connectivity index is 1.97. The predicted octanol–water partition coefficient (Wildman–Crippen LogP) is 4.66. The fraction of sp³-hybridized carbons (Fsp3) is 0.118. The zero-order chi connectivity index (χ0) is 14.1. The number of carbonyl (C=O) groups excluding carboxylic acids is 1. The summed E-state index contributed by atoms with van der Waals surface area (Å²) >= 11 is 3.45. The molecule has 1 N–H and O–H groups in total. The van der Waals surface area contributed by atoms with Crippen molar-refractivity contribution < 1.29 is 4.79 Å². The number of aryl methyl sites for hydroxylation is 1. The van der Waals surface area contributed by atoms with Gasteiger partial charge in [-0.25, -0.2) is 0 Å². The van der Waals surface area contributed by atoms with E-state index in [9.17, 15) is 4.79 Å². The van der Waals surface area contributed by atoms with Gasteiger partial charge in [-0.15, -0.1) is 0 Å². The Kier molecular flexibility index (Phi) is 3.45. The number of carbonyl (C=O) groups is 1. The van der Waals surface area contributed by atoms with Crippen molar-refractivity contribution in [3.8, 4) is 0 Å². The molecule has 0 saturated carbocycles. The van der Waals surface area contributed by atoms with Crippen LogP contribution < -0.4 is 0 Å². The summed E-state index contributed by atoms with van der Waals surface area (Å²) in [6, 6.07) is 13.9. The number of aromatic amines is 1. The predicted molar refractivity (Wildman–Crippen MR) is 85.2 cm³/mol. The van der Waals surface area contributed by atoms with Gasteiger partial charge in [-0.2, -0.15) is 0 Å². The van der Waals surface area contributed by atoms with Crippen molar-refractivity contribution in [2.75, 3.05) is 0 Å². The second-order valence-corrected chi connectivity index (χ2v) is 5.83. The van der Waals surface area contributed by atoms with Crippen molar-refractivity contribution in [3.05, 3.63) is 69.8 Å². The number of fused-ring (bicyclic) bond motifs is 1. The van der Waals surface area contributed by atoms with Crippen LogP contribution in [0.3, 0.4) is 0 Å². The molecular formula is C17H14BrNO. The largest absolute Gasteiger partial charge is 0.360 e. The molecule has 2 nitrogen and oxygen atoms in total. The van der Waals surface area contributed by atoms with Crippen LogP contribution in [0.15, 0.2) is 53.1 Å². The van der Waals surface area contributed by atoms with E-state index in [-0.39, 0.29) is 5.78 Å². The Labute approximate surface area is 126 Å². The van der Waals surface area contributed by atoms with E-state index in [2.05, 4.69) is 20.9 Å². The van der Waals surface area contributed by atoms with Crippen LogP contribution in [0, 0.1) is 6.92 Å². The molecule has 0 aliphatic heterocycles. The van der Waals surface area contributed by atoms with Gasteiger partial charge in [-0.3, -0.25) is 4.79 Å². The topological polar surface area (TPSA) is 32.9 Å². The smallest absolute Gasteiger partial charge is 0.169 e. The fourth-order valence-corrected chi connectivity index (χ4v) is 2.76. The Bertz CT molecular complexity index is 789. The van der Waals surface area contributed by atoms with E-state index in [0.29, 0.717) is 6.42 Å². The Morgan fingerprint density at radius 3 is 2.80 bits per heavy atom. The maximum Gasteiger partial charge on any atom is 0.169 e. The van der Waals surface area contributed by atoms with E-state index in [0.717, 1.165) is 32.1 Å². The van der Waals surface area contributed by atoms with Crippen LogP contribution in [0.25, 0.3) is 10.9 Å². The van der Waals surface area contributed by atoms with Gasteiger partial charge in [0, 0.05) is 33.6 Å². The summed E-state index contributed by atoms with van der Waals surface area (Å²) in [7, 11) is 0. The molecule has 0 atom stereocenters. The molecule has 3 rings (SSSR count). The van der Waals surface area contributed by atoms with Crippen molar-refractivity contribution in [1.29, 1.82) is 0 Å². The van der Waals surface area contributed by atoms with E-state index < -0.39 is 0 Å². The number of benzene rings is 2. The highest BCUT2D eigenvalue weighted by atomic mass is 79.9. The molecule has 0 bridgehead atoms. The first-order chi connectivity index (χ1) is 9.65. The Hall–Kier alpha value is -1.87. The van der Waals surface area contributed by atoms with Crippen LogP contribution in [0.4, 0.5) is 0 Å². The van der Waals surface area contributed by atoms with Gasteiger partial charge in [0.15, 0.2) is 5.78 Å². The summed E-state index contributed by atoms with van der Waals surface area (Å²) in [6.07, 6.45) is 2.24. The lowest BCUT2D eigenvalue weighted by Gasteiger charge is -2.04. The first-order valence-corrected chi connectivity index (χ1v) is 7.29. The number of nitrogens with one attached hydrogen (secondary N) is 1. The van der Waals surface area contributed by atoms with Gasteiger partial charge in [0.2, 0.25) is 0 Å². The summed E-state index contributed by atoms with van der Waals surface area (Å²) in [5, 5.41) is 0.970. The average Bonchev–Trinajstić information content (AvgIpc) is 2.84. The molecule has 0 fully saturated rings. The van der Waals surface area contributed by atoms with Crippen LogP contribution >= 0.6 is 15.9 Å². The van der Waals surface area contributed by atoms with Gasteiger partial charge >= 0.3 is 0 Å². The quantitative estimate of drug-likeness (QED) is 0.697. The number of hydrogen-bond donors (Lipinski definition) is 1. The van der Waals surface area contributed by atoms with Crippen LogP contribution in [-0.2, 0) is 6.42 Å². The third-order valence-electron chi connectivity index (χ3n) is 3.56. The Morgan fingerprint density at radius 2 is 2.00 bits per heavy atom. The molecule has 20 heavy (non-hydrogen) atoms. The molecule has 0 amide bonds. The number of rotatable bonds is 3. The van der Waals surface area contributed by atoms with Gasteiger partial charge in [0.1, 0.15) is 0 Å². The number of H-pyrrole nitrogens is 1. The lowest BCUT2D eigenvalue weighted by Crippen LogP contribution is -2.04. The van der Waals surface area contributed by atoms with Crippen molar-refractivity contribution in [2.45, 2.75) is 13.3 Å². The molecule has 100 valence electrons. The minimum atomic E-state index is 0.142. The van der Waals surface area contributed by atoms with Crippen LogP contribution in [0.2, 0.25) is 0 Å². The molecule has 1 heterocycles. The minimum Gasteiger partial charge on any atom is -0.360 e. The van der Waals surface area contributed by atoms with Crippen LogP contribution in [-0.4, -0.2) is 10.8 Å². The lowest BCUT2D eigenvalue weighted by molar-refractivity contribution is 0.0994. The monoisotopic (exact) mass is 327 g/mol. The van der Waals surface area contributed by atoms with Gasteiger partial charge in [0.05, 0.1) is 0 Å². The van der Waals surface area contributed by atoms with E-state index >= 15 is 0 Å². The molecule has 0 saturated heterocycles. The number of Topliss-reactive ketones (excluding diaryl/α,β-unsaturated/α-hetero) is 1. The van der Waals surface area contributed by atoms with Gasteiger partial charge < -0.3 is 4.98 Å². The molecule has 2 aromatic carbocycles. The number of hydrogen-bond acceptors (Lipinski definition) is 1. The molecule has 0 unspecified atom stereocenters. The molecule has 0 aliphatic carbocycles. The number of halogens is 1. The maximum absolute atomic E-state index is 12.5. The zero-order valence-corrected chi connectivity index (χ0v) is 12.7. The van der Waals surface area contributed by atoms with Gasteiger partial charge in [-0.1, -0.05) is 40.2 Å². The fourth-order valence-electron chi connectivity index (χ4n) is 2.40. The normalized spacial score (nSPS) is 10.9. The van der Waals surface area contributed by atoms with E-state index in [4.69, 9.17) is 0 Å². The molecular weight excluding hydrogens is 314 g/mol. The first-order valence-electron chi connectivity index (χ1n) is 6.49. The zero-order valence-electron chi connectivity index (χ0n) is 11.1. The highest BCUT2D eigenvalue weighted by Gasteiger charge is 2.13. The lowest BCUT2D eigenvalue weighted by atomic mass is 9.99. The summed E-state index contributed by atoms with van der Waals surface area (Å²) < 4.78 is 0.981. The highest BCUT2D eigenvalue weighted by molar-refractivity contribution is 9.10. The molecule has 0 radical (unpaired) electrons. The third-order valence-corrected chi connectivity index (χ3v) is 4.05. The average molecular weight is 328 g/mol. The van der Waals surface area contributed by atoms with Gasteiger partial charge in [0.25, 0.3) is 0 Å². The molecule has 3 heteroatoms. The highest BCUT2D eigenvalue weighted by Crippen LogP contribution is 2.24. The Morgan fingerprint density at radius 1 is 1.20 bits per heavy atom. The molecule has 1 aromatic heterocycles. The number of ketones is 1. The van der Waals surface area contributed by atoms with Crippen molar-refractivity contribution >= 4 is 32.6 Å². The third kappa shape index (κ3) is 2.41. The van der Waals surface area contributed by atoms with Crippen molar-refractivity contribution in [3.63, 3.8) is 0 Å². The van der Waals surface area contributed by atoms with Crippen LogP contribution in [0.5, 0.6) is 0 Å². The number of aromatic nitrogens is 1. The SMILES string of the molecule is Cc1ccccc1CC(=O)c1c[nH]c2ccc(Br)cc12. The standard InChI is InChI=1S/C17H14BrNO/c1-11-4-2-3-5-12(11)8-17(20)15-10-19-16-7-6-13(18)9-14(15)16/h2-7,9-10,19H,8H2,1H3. The van der Waals surface area contributed by atoms with Crippen molar-refractivity contribution in [2.24, 2.45) is 0 Å². The summed E-state index contributed by atoms with van der Waals surface area (Å²) in [4.78, 5) is 15.7. The van der Waals surface area contributed by atoms with Gasteiger partial charge in [-0.05, 0) is 36.2 Å². The second kappa shape index (κ2) is 5.25. The second-order valence-electron chi connectivity index (χ2n) is 4.92. The molecule has 3 aromatic rings. The maximum atomic E-state index is 12.5.